The quantitative estimate of drug-likeness (QED) is 0.675. The molecule has 0 bridgehead atoms. The molecule has 1 N–H and O–H groups in total. The summed E-state index contributed by atoms with van der Waals surface area (Å²) < 4.78 is 27.1. The van der Waals surface area contributed by atoms with Crippen LogP contribution >= 0.6 is 0 Å². The molecule has 1 aliphatic rings. The molecule has 1 saturated heterocycles. The molecule has 1 amide bonds. The van der Waals surface area contributed by atoms with Gasteiger partial charge in [0.05, 0.1) is 11.4 Å². The molecule has 0 radical (unpaired) electrons. The van der Waals surface area contributed by atoms with Crippen LogP contribution in [0.25, 0.3) is 0 Å². The Hall–Kier alpha value is -2.26. The zero-order chi connectivity index (χ0) is 22.4. The molecule has 0 aromatic heterocycles. The van der Waals surface area contributed by atoms with Crippen LogP contribution in [-0.2, 0) is 21.2 Å². The third-order valence-corrected chi connectivity index (χ3v) is 7.36. The van der Waals surface area contributed by atoms with Crippen molar-refractivity contribution in [3.05, 3.63) is 59.7 Å². The third kappa shape index (κ3) is 6.61. The van der Waals surface area contributed by atoms with Gasteiger partial charge in [0, 0.05) is 38.4 Å². The molecule has 7 nitrogen and oxygen atoms in total. The predicted octanol–water partition coefficient (Wildman–Crippen LogP) is 2.04. The van der Waals surface area contributed by atoms with E-state index in [4.69, 9.17) is 0 Å². The summed E-state index contributed by atoms with van der Waals surface area (Å²) in [5.74, 6) is -0.0871. The minimum absolute atomic E-state index is 0.0871. The van der Waals surface area contributed by atoms with Gasteiger partial charge in [-0.25, -0.2) is 8.42 Å². The van der Waals surface area contributed by atoms with Gasteiger partial charge in [0.2, 0.25) is 15.9 Å². The van der Waals surface area contributed by atoms with E-state index in [9.17, 15) is 13.2 Å². The molecule has 31 heavy (non-hydrogen) atoms. The average molecular weight is 445 g/mol. The number of nitrogens with zero attached hydrogens (tertiary/aromatic N) is 3. The lowest BCUT2D eigenvalue weighted by Gasteiger charge is -2.33. The van der Waals surface area contributed by atoms with Crippen molar-refractivity contribution in [3.63, 3.8) is 0 Å². The Labute approximate surface area is 185 Å². The topological polar surface area (TPSA) is 73.0 Å². The lowest BCUT2D eigenvalue weighted by molar-refractivity contribution is -0.117. The van der Waals surface area contributed by atoms with E-state index in [-0.39, 0.29) is 12.5 Å². The van der Waals surface area contributed by atoms with E-state index in [1.54, 1.807) is 12.1 Å². The number of benzene rings is 2. The Bertz CT molecular complexity index is 965. The molecule has 8 heteroatoms. The summed E-state index contributed by atoms with van der Waals surface area (Å²) in [5.41, 5.74) is 3.04. The number of sulfonamides is 1. The van der Waals surface area contributed by atoms with Crippen LogP contribution in [0, 0.1) is 6.92 Å². The van der Waals surface area contributed by atoms with E-state index in [2.05, 4.69) is 10.2 Å². The van der Waals surface area contributed by atoms with Gasteiger partial charge in [0.25, 0.3) is 0 Å². The van der Waals surface area contributed by atoms with Gasteiger partial charge in [-0.2, -0.15) is 4.31 Å². The summed E-state index contributed by atoms with van der Waals surface area (Å²) in [7, 11) is 0.605. The third-order valence-electron chi connectivity index (χ3n) is 5.44. The number of aryl methyl sites for hydroxylation is 1. The van der Waals surface area contributed by atoms with Gasteiger partial charge in [0.15, 0.2) is 0 Å². The fraction of sp³-hybridized carbons (Fsp3) is 0.435. The van der Waals surface area contributed by atoms with Crippen molar-refractivity contribution in [2.45, 2.75) is 18.2 Å². The number of likely N-dealkylation sites (N-methyl/N-ethyl adjacent to an activating group) is 1. The minimum atomic E-state index is -3.49. The van der Waals surface area contributed by atoms with Crippen molar-refractivity contribution in [1.82, 2.24) is 14.1 Å². The molecule has 0 saturated carbocycles. The molecule has 0 spiro atoms. The van der Waals surface area contributed by atoms with Crippen molar-refractivity contribution < 1.29 is 13.2 Å². The molecular formula is C23H32N4O3S. The fourth-order valence-electron chi connectivity index (χ4n) is 3.50. The fourth-order valence-corrected chi connectivity index (χ4v) is 4.92. The van der Waals surface area contributed by atoms with Gasteiger partial charge >= 0.3 is 0 Å². The number of nitrogens with one attached hydrogen (secondary N) is 1. The van der Waals surface area contributed by atoms with E-state index in [1.165, 1.54) is 9.87 Å². The highest BCUT2D eigenvalue weighted by Gasteiger charge is 2.28. The Kier molecular flexibility index (Phi) is 7.83. The first-order valence-corrected chi connectivity index (χ1v) is 12.0. The van der Waals surface area contributed by atoms with Gasteiger partial charge in [-0.1, -0.05) is 29.8 Å². The maximum atomic E-state index is 12.8. The zero-order valence-corrected chi connectivity index (χ0v) is 19.4. The second kappa shape index (κ2) is 10.4. The molecule has 0 aliphatic carbocycles. The maximum Gasteiger partial charge on any atom is 0.243 e. The molecule has 0 unspecified atom stereocenters. The summed E-state index contributed by atoms with van der Waals surface area (Å²) in [6.07, 6.45) is 0.969. The second-order valence-corrected chi connectivity index (χ2v) is 10.2. The molecule has 2 aromatic rings. The van der Waals surface area contributed by atoms with Crippen molar-refractivity contribution >= 4 is 21.6 Å². The molecule has 1 aliphatic heterocycles. The largest absolute Gasteiger partial charge is 0.325 e. The van der Waals surface area contributed by atoms with Crippen molar-refractivity contribution in [2.24, 2.45) is 0 Å². The van der Waals surface area contributed by atoms with Gasteiger partial charge in [-0.3, -0.25) is 9.69 Å². The monoisotopic (exact) mass is 444 g/mol. The van der Waals surface area contributed by atoms with Crippen LogP contribution in [0.5, 0.6) is 0 Å². The van der Waals surface area contributed by atoms with Crippen molar-refractivity contribution in [3.8, 4) is 0 Å². The van der Waals surface area contributed by atoms with Crippen LogP contribution in [0.15, 0.2) is 53.4 Å². The molecule has 3 rings (SSSR count). The standard InChI is InChI=1S/C23H32N4O3S/c1-19-4-10-22(11-5-19)31(29,30)27-16-14-26(15-17-27)18-23(28)24-21-8-6-20(7-9-21)12-13-25(2)3/h4-11H,12-18H2,1-3H3,(H,24,28). The summed E-state index contributed by atoms with van der Waals surface area (Å²) in [6.45, 7) is 4.98. The summed E-state index contributed by atoms with van der Waals surface area (Å²) in [5, 5.41) is 2.93. The van der Waals surface area contributed by atoms with Gasteiger partial charge in [0.1, 0.15) is 0 Å². The van der Waals surface area contributed by atoms with Crippen LogP contribution in [0.2, 0.25) is 0 Å². The predicted molar refractivity (Wildman–Crippen MR) is 124 cm³/mol. The molecule has 1 fully saturated rings. The maximum absolute atomic E-state index is 12.8. The van der Waals surface area contributed by atoms with Crippen LogP contribution in [0.1, 0.15) is 11.1 Å². The highest BCUT2D eigenvalue weighted by atomic mass is 32.2. The van der Waals surface area contributed by atoms with E-state index in [0.717, 1.165) is 24.2 Å². The lowest BCUT2D eigenvalue weighted by atomic mass is 10.1. The summed E-state index contributed by atoms with van der Waals surface area (Å²) >= 11 is 0. The first-order chi connectivity index (χ1) is 14.7. The highest BCUT2D eigenvalue weighted by molar-refractivity contribution is 7.89. The number of anilines is 1. The van der Waals surface area contributed by atoms with Crippen LogP contribution in [-0.4, -0.2) is 81.8 Å². The number of hydrogen-bond acceptors (Lipinski definition) is 5. The zero-order valence-electron chi connectivity index (χ0n) is 18.5. The molecule has 2 aromatic carbocycles. The number of amides is 1. The number of carbonyl (C=O) groups is 1. The van der Waals surface area contributed by atoms with E-state index in [1.807, 2.05) is 62.3 Å². The number of carbonyl (C=O) groups excluding carboxylic acids is 1. The Morgan fingerprint density at radius 3 is 2.16 bits per heavy atom. The number of rotatable bonds is 8. The van der Waals surface area contributed by atoms with Crippen LogP contribution in [0.4, 0.5) is 5.69 Å². The minimum Gasteiger partial charge on any atom is -0.325 e. The summed E-state index contributed by atoms with van der Waals surface area (Å²) in [6, 6.07) is 14.8. The highest BCUT2D eigenvalue weighted by Crippen LogP contribution is 2.18. The Morgan fingerprint density at radius 2 is 1.58 bits per heavy atom. The first-order valence-electron chi connectivity index (χ1n) is 10.6. The van der Waals surface area contributed by atoms with Gasteiger partial charge in [-0.05, 0) is 57.3 Å². The molecule has 0 atom stereocenters. The van der Waals surface area contributed by atoms with Crippen LogP contribution < -0.4 is 5.32 Å². The van der Waals surface area contributed by atoms with E-state index in [0.29, 0.717) is 31.1 Å². The number of hydrogen-bond donors (Lipinski definition) is 1. The first kappa shape index (κ1) is 23.4. The van der Waals surface area contributed by atoms with Crippen LogP contribution in [0.3, 0.4) is 0 Å². The number of piperazine rings is 1. The molecule has 1 heterocycles. The Morgan fingerprint density at radius 1 is 0.968 bits per heavy atom. The van der Waals surface area contributed by atoms with E-state index >= 15 is 0 Å². The normalized spacial score (nSPS) is 15.9. The molecule has 168 valence electrons. The average Bonchev–Trinajstić information content (AvgIpc) is 2.74. The van der Waals surface area contributed by atoms with Crippen molar-refractivity contribution in [2.75, 3.05) is 58.7 Å². The smallest absolute Gasteiger partial charge is 0.243 e. The lowest BCUT2D eigenvalue weighted by Crippen LogP contribution is -2.50. The van der Waals surface area contributed by atoms with E-state index < -0.39 is 10.0 Å². The molecular weight excluding hydrogens is 412 g/mol. The second-order valence-electron chi connectivity index (χ2n) is 8.29. The Balaban J connectivity index is 1.47. The summed E-state index contributed by atoms with van der Waals surface area (Å²) in [4.78, 5) is 16.9. The van der Waals surface area contributed by atoms with Gasteiger partial charge in [-0.15, -0.1) is 0 Å². The van der Waals surface area contributed by atoms with Gasteiger partial charge < -0.3 is 10.2 Å². The SMILES string of the molecule is Cc1ccc(S(=O)(=O)N2CCN(CC(=O)Nc3ccc(CCN(C)C)cc3)CC2)cc1. The van der Waals surface area contributed by atoms with Crippen molar-refractivity contribution in [1.29, 1.82) is 0 Å².